The normalized spacial score (nSPS) is 19.3. The summed E-state index contributed by atoms with van der Waals surface area (Å²) in [5, 5.41) is 2.95. The van der Waals surface area contributed by atoms with Crippen molar-refractivity contribution < 1.29 is 32.6 Å². The minimum absolute atomic E-state index is 0.126. The van der Waals surface area contributed by atoms with Gasteiger partial charge in [0.2, 0.25) is 23.2 Å². The highest BCUT2D eigenvalue weighted by Crippen LogP contribution is 2.39. The number of halogens is 3. The van der Waals surface area contributed by atoms with Gasteiger partial charge in [-0.3, -0.25) is 19.7 Å². The van der Waals surface area contributed by atoms with Gasteiger partial charge in [-0.15, -0.1) is 0 Å². The number of amides is 1. The van der Waals surface area contributed by atoms with Crippen LogP contribution >= 0.6 is 15.9 Å². The molecule has 1 aromatic rings. The number of hydrogen-bond donors (Lipinski definition) is 1. The number of esters is 1. The quantitative estimate of drug-likeness (QED) is 0.553. The molecule has 1 N–H and O–H groups in total. The fraction of sp³-hybridized carbons (Fsp3) is 0.353. The Kier molecular flexibility index (Phi) is 6.12. The zero-order valence-corrected chi connectivity index (χ0v) is 15.6. The maximum Gasteiger partial charge on any atom is 0.308 e. The average molecular weight is 432 g/mol. The number of alkyl halides is 1. The third kappa shape index (κ3) is 4.09. The van der Waals surface area contributed by atoms with Gasteiger partial charge in [0, 0.05) is 30.3 Å². The highest BCUT2D eigenvalue weighted by atomic mass is 79.9. The fourth-order valence-electron chi connectivity index (χ4n) is 2.41. The summed E-state index contributed by atoms with van der Waals surface area (Å²) in [7, 11) is 0. The van der Waals surface area contributed by atoms with Crippen molar-refractivity contribution in [1.82, 2.24) is 5.32 Å². The van der Waals surface area contributed by atoms with Crippen LogP contribution < -0.4 is 5.32 Å². The number of hydrogen-bond acceptors (Lipinski definition) is 5. The molecule has 9 heteroatoms. The monoisotopic (exact) mass is 431 g/mol. The zero-order chi connectivity index (χ0) is 19.5. The summed E-state index contributed by atoms with van der Waals surface area (Å²) in [6.07, 6.45) is 0.654. The minimum Gasteiger partial charge on any atom is -0.456 e. The van der Waals surface area contributed by atoms with Crippen LogP contribution in [-0.2, 0) is 29.5 Å². The summed E-state index contributed by atoms with van der Waals surface area (Å²) in [5.74, 6) is -4.89. The molecule has 140 valence electrons. The summed E-state index contributed by atoms with van der Waals surface area (Å²) in [4.78, 5) is 36.0. The van der Waals surface area contributed by atoms with E-state index in [-0.39, 0.29) is 17.9 Å². The lowest BCUT2D eigenvalue weighted by Crippen LogP contribution is -2.33. The van der Waals surface area contributed by atoms with Gasteiger partial charge < -0.3 is 9.47 Å². The lowest BCUT2D eigenvalue weighted by molar-refractivity contribution is -0.142. The SMILES string of the molecule is CC(=O)OC1=C(NC(=O)CCCBr)OC(C)(c2ccc(F)cc2F)C1=O. The number of carbonyl (C=O) groups excluding carboxylic acids is 3. The molecule has 1 aromatic carbocycles. The maximum atomic E-state index is 14.2. The molecule has 1 heterocycles. The van der Waals surface area contributed by atoms with Crippen LogP contribution in [0, 0.1) is 11.6 Å². The Labute approximate surface area is 156 Å². The molecule has 0 fully saturated rings. The summed E-state index contributed by atoms with van der Waals surface area (Å²) in [5.41, 5.74) is -2.17. The van der Waals surface area contributed by atoms with E-state index in [4.69, 9.17) is 9.47 Å². The molecule has 1 amide bonds. The fourth-order valence-corrected chi connectivity index (χ4v) is 2.69. The Morgan fingerprint density at radius 1 is 1.35 bits per heavy atom. The second kappa shape index (κ2) is 7.94. The van der Waals surface area contributed by atoms with Crippen molar-refractivity contribution in [2.24, 2.45) is 0 Å². The van der Waals surface area contributed by atoms with E-state index < -0.39 is 40.7 Å². The van der Waals surface area contributed by atoms with Crippen LogP contribution in [-0.4, -0.2) is 23.0 Å². The van der Waals surface area contributed by atoms with E-state index in [2.05, 4.69) is 21.2 Å². The molecule has 26 heavy (non-hydrogen) atoms. The molecule has 0 aliphatic carbocycles. The Morgan fingerprint density at radius 3 is 2.62 bits per heavy atom. The zero-order valence-electron chi connectivity index (χ0n) is 14.0. The number of Topliss-reactive ketones (excluding diaryl/α,β-unsaturated/α-hetero) is 1. The van der Waals surface area contributed by atoms with Crippen LogP contribution in [0.1, 0.15) is 32.3 Å². The van der Waals surface area contributed by atoms with Crippen LogP contribution in [0.5, 0.6) is 0 Å². The first-order chi connectivity index (χ1) is 12.2. The van der Waals surface area contributed by atoms with Gasteiger partial charge in [0.25, 0.3) is 5.78 Å². The standard InChI is InChI=1S/C17H16BrF2NO5/c1-9(22)25-14-15(24)17(2,11-6-5-10(19)8-12(11)20)26-16(14)21-13(23)4-3-7-18/h5-6,8H,3-4,7H2,1-2H3,(H,21,23). The van der Waals surface area contributed by atoms with Gasteiger partial charge in [-0.1, -0.05) is 15.9 Å². The first-order valence-electron chi connectivity index (χ1n) is 7.67. The van der Waals surface area contributed by atoms with Gasteiger partial charge in [-0.25, -0.2) is 8.78 Å². The molecular weight excluding hydrogens is 416 g/mol. The maximum absolute atomic E-state index is 14.2. The van der Waals surface area contributed by atoms with E-state index in [9.17, 15) is 23.2 Å². The first-order valence-corrected chi connectivity index (χ1v) is 8.79. The highest BCUT2D eigenvalue weighted by molar-refractivity contribution is 9.09. The third-order valence-corrected chi connectivity index (χ3v) is 4.19. The number of ketones is 1. The van der Waals surface area contributed by atoms with Gasteiger partial charge in [-0.2, -0.15) is 0 Å². The van der Waals surface area contributed by atoms with Crippen LogP contribution in [0.15, 0.2) is 29.8 Å². The van der Waals surface area contributed by atoms with E-state index in [1.807, 2.05) is 0 Å². The van der Waals surface area contributed by atoms with Crippen molar-refractivity contribution in [3.8, 4) is 0 Å². The van der Waals surface area contributed by atoms with Crippen LogP contribution in [0.3, 0.4) is 0 Å². The summed E-state index contributed by atoms with van der Waals surface area (Å²) in [6.45, 7) is 2.31. The van der Waals surface area contributed by atoms with Crippen LogP contribution in [0.25, 0.3) is 0 Å². The number of ether oxygens (including phenoxy) is 2. The van der Waals surface area contributed by atoms with E-state index in [1.165, 1.54) is 6.92 Å². The van der Waals surface area contributed by atoms with Gasteiger partial charge in [-0.05, 0) is 25.5 Å². The highest BCUT2D eigenvalue weighted by Gasteiger charge is 2.51. The van der Waals surface area contributed by atoms with Gasteiger partial charge >= 0.3 is 5.97 Å². The predicted molar refractivity (Wildman–Crippen MR) is 89.8 cm³/mol. The topological polar surface area (TPSA) is 81.7 Å². The number of carbonyl (C=O) groups is 3. The number of rotatable bonds is 6. The van der Waals surface area contributed by atoms with Crippen molar-refractivity contribution >= 4 is 33.6 Å². The largest absolute Gasteiger partial charge is 0.456 e. The lowest BCUT2D eigenvalue weighted by atomic mass is 9.91. The van der Waals surface area contributed by atoms with Crippen molar-refractivity contribution in [1.29, 1.82) is 0 Å². The Hall–Kier alpha value is -2.29. The molecule has 1 aliphatic heterocycles. The number of nitrogens with one attached hydrogen (secondary N) is 1. The molecule has 0 saturated carbocycles. The van der Waals surface area contributed by atoms with E-state index >= 15 is 0 Å². The summed E-state index contributed by atoms with van der Waals surface area (Å²) >= 11 is 3.19. The number of benzene rings is 1. The second-order valence-electron chi connectivity index (χ2n) is 5.68. The second-order valence-corrected chi connectivity index (χ2v) is 6.47. The lowest BCUT2D eigenvalue weighted by Gasteiger charge is -2.24. The van der Waals surface area contributed by atoms with Gasteiger partial charge in [0.05, 0.1) is 0 Å². The molecule has 0 radical (unpaired) electrons. The molecule has 1 unspecified atom stereocenters. The van der Waals surface area contributed by atoms with Gasteiger partial charge in [0.1, 0.15) is 11.6 Å². The molecule has 0 bridgehead atoms. The predicted octanol–water partition coefficient (Wildman–Crippen LogP) is 2.80. The van der Waals surface area contributed by atoms with Crippen LogP contribution in [0.2, 0.25) is 0 Å². The molecule has 1 aliphatic rings. The van der Waals surface area contributed by atoms with Crippen molar-refractivity contribution in [2.45, 2.75) is 32.3 Å². The van der Waals surface area contributed by atoms with Crippen molar-refractivity contribution in [3.63, 3.8) is 0 Å². The molecule has 0 spiro atoms. The Balaban J connectivity index is 2.38. The summed E-state index contributed by atoms with van der Waals surface area (Å²) < 4.78 is 37.7. The Bertz CT molecular complexity index is 795. The third-order valence-electron chi connectivity index (χ3n) is 3.63. The Morgan fingerprint density at radius 2 is 2.04 bits per heavy atom. The van der Waals surface area contributed by atoms with Crippen molar-refractivity contribution in [2.75, 3.05) is 5.33 Å². The van der Waals surface area contributed by atoms with Gasteiger partial charge in [0.15, 0.2) is 0 Å². The van der Waals surface area contributed by atoms with E-state index in [0.717, 1.165) is 19.1 Å². The molecule has 1 atom stereocenters. The van der Waals surface area contributed by atoms with E-state index in [0.29, 0.717) is 17.8 Å². The molecule has 0 aromatic heterocycles. The molecule has 2 rings (SSSR count). The first kappa shape index (κ1) is 20.0. The molecule has 6 nitrogen and oxygen atoms in total. The van der Waals surface area contributed by atoms with Crippen molar-refractivity contribution in [3.05, 3.63) is 47.0 Å². The smallest absolute Gasteiger partial charge is 0.308 e. The minimum atomic E-state index is -1.92. The summed E-state index contributed by atoms with van der Waals surface area (Å²) in [6, 6.07) is 2.64. The molecule has 0 saturated heterocycles. The average Bonchev–Trinajstić information content (AvgIpc) is 2.77. The van der Waals surface area contributed by atoms with E-state index in [1.54, 1.807) is 0 Å². The molecular formula is C17H16BrF2NO5. The van der Waals surface area contributed by atoms with Crippen LogP contribution in [0.4, 0.5) is 8.78 Å².